The third-order valence-electron chi connectivity index (χ3n) is 1.84. The highest BCUT2D eigenvalue weighted by Crippen LogP contribution is 2.30. The second-order valence-electron chi connectivity index (χ2n) is 2.86. The lowest BCUT2D eigenvalue weighted by Crippen LogP contribution is -1.81. The molecule has 0 saturated heterocycles. The van der Waals surface area contributed by atoms with Gasteiger partial charge in [0.2, 0.25) is 0 Å². The molecule has 0 spiro atoms. The Labute approximate surface area is 93.6 Å². The van der Waals surface area contributed by atoms with Gasteiger partial charge in [-0.05, 0) is 46.6 Å². The number of hydrogen-bond acceptors (Lipinski definition) is 4. The predicted molar refractivity (Wildman–Crippen MR) is 59.4 cm³/mol. The second kappa shape index (κ2) is 3.67. The summed E-state index contributed by atoms with van der Waals surface area (Å²) in [5, 5.41) is 18.0. The van der Waals surface area contributed by atoms with Gasteiger partial charge in [-0.25, -0.2) is 0 Å². The van der Waals surface area contributed by atoms with Crippen LogP contribution in [-0.2, 0) is 0 Å². The Hall–Kier alpha value is -0.940. The van der Waals surface area contributed by atoms with E-state index in [1.54, 1.807) is 12.1 Å². The zero-order valence-electron chi connectivity index (χ0n) is 7.36. The Bertz CT molecular complexity index is 470. The molecule has 5 heteroatoms. The van der Waals surface area contributed by atoms with Gasteiger partial charge in [0.15, 0.2) is 3.92 Å². The molecule has 0 unspecified atom stereocenters. The van der Waals surface area contributed by atoms with Crippen LogP contribution in [-0.4, -0.2) is 15.3 Å². The zero-order valence-corrected chi connectivity index (χ0v) is 9.76. The summed E-state index contributed by atoms with van der Waals surface area (Å²) in [5.74, 6) is 0.273. The number of phenols is 1. The lowest BCUT2D eigenvalue weighted by atomic mass is 10.1. The van der Waals surface area contributed by atoms with Crippen LogP contribution in [0.4, 0.5) is 0 Å². The first kappa shape index (κ1) is 9.61. The van der Waals surface area contributed by atoms with E-state index in [9.17, 15) is 5.11 Å². The van der Waals surface area contributed by atoms with Crippen molar-refractivity contribution in [3.8, 4) is 16.3 Å². The number of halogens is 1. The molecule has 72 valence electrons. The molecule has 14 heavy (non-hydrogen) atoms. The standard InChI is InChI=1S/C9H7BrN2OS/c1-5-4-6(13)2-3-7(5)8-11-12-9(10)14-8/h2-4,13H,1H3. The number of aromatic nitrogens is 2. The van der Waals surface area contributed by atoms with Gasteiger partial charge in [-0.1, -0.05) is 11.3 Å². The molecule has 0 bridgehead atoms. The Balaban J connectivity index is 2.52. The summed E-state index contributed by atoms with van der Waals surface area (Å²) in [6.07, 6.45) is 0. The minimum absolute atomic E-state index is 0.273. The van der Waals surface area contributed by atoms with Crippen LogP contribution in [0.2, 0.25) is 0 Å². The molecular formula is C9H7BrN2OS. The molecule has 3 nitrogen and oxygen atoms in total. The van der Waals surface area contributed by atoms with E-state index in [2.05, 4.69) is 26.1 Å². The van der Waals surface area contributed by atoms with Gasteiger partial charge in [0.25, 0.3) is 0 Å². The van der Waals surface area contributed by atoms with Crippen LogP contribution in [0.5, 0.6) is 5.75 Å². The number of rotatable bonds is 1. The minimum atomic E-state index is 0.273. The van der Waals surface area contributed by atoms with E-state index in [1.807, 2.05) is 13.0 Å². The molecule has 1 N–H and O–H groups in total. The Morgan fingerprint density at radius 3 is 2.71 bits per heavy atom. The van der Waals surface area contributed by atoms with Crippen molar-refractivity contribution < 1.29 is 5.11 Å². The van der Waals surface area contributed by atoms with Gasteiger partial charge in [0.1, 0.15) is 10.8 Å². The molecule has 0 fully saturated rings. The van der Waals surface area contributed by atoms with Crippen molar-refractivity contribution in [3.63, 3.8) is 0 Å². The molecule has 0 amide bonds. The molecule has 1 heterocycles. The van der Waals surface area contributed by atoms with Gasteiger partial charge in [0, 0.05) is 5.56 Å². The highest BCUT2D eigenvalue weighted by Gasteiger charge is 2.07. The van der Waals surface area contributed by atoms with E-state index in [0.717, 1.165) is 20.1 Å². The van der Waals surface area contributed by atoms with Crippen LogP contribution in [0.25, 0.3) is 10.6 Å². The van der Waals surface area contributed by atoms with Crippen molar-refractivity contribution in [3.05, 3.63) is 27.7 Å². The SMILES string of the molecule is Cc1cc(O)ccc1-c1nnc(Br)s1. The van der Waals surface area contributed by atoms with E-state index in [0.29, 0.717) is 0 Å². The summed E-state index contributed by atoms with van der Waals surface area (Å²) in [6, 6.07) is 5.21. The number of nitrogens with zero attached hydrogens (tertiary/aromatic N) is 2. The van der Waals surface area contributed by atoms with E-state index in [-0.39, 0.29) is 5.75 Å². The number of aryl methyl sites for hydroxylation is 1. The van der Waals surface area contributed by atoms with Gasteiger partial charge in [-0.15, -0.1) is 10.2 Å². The summed E-state index contributed by atoms with van der Waals surface area (Å²) < 4.78 is 0.764. The van der Waals surface area contributed by atoms with E-state index >= 15 is 0 Å². The maximum Gasteiger partial charge on any atom is 0.183 e. The summed E-state index contributed by atoms with van der Waals surface area (Å²) in [6.45, 7) is 1.93. The van der Waals surface area contributed by atoms with Crippen molar-refractivity contribution in [2.45, 2.75) is 6.92 Å². The maximum absolute atomic E-state index is 9.25. The van der Waals surface area contributed by atoms with E-state index in [1.165, 1.54) is 11.3 Å². The first-order valence-corrected chi connectivity index (χ1v) is 5.57. The lowest BCUT2D eigenvalue weighted by molar-refractivity contribution is 0.475. The molecule has 0 radical (unpaired) electrons. The van der Waals surface area contributed by atoms with Gasteiger partial charge >= 0.3 is 0 Å². The van der Waals surface area contributed by atoms with Gasteiger partial charge in [-0.3, -0.25) is 0 Å². The van der Waals surface area contributed by atoms with Crippen molar-refractivity contribution >= 4 is 27.3 Å². The molecule has 0 atom stereocenters. The fraction of sp³-hybridized carbons (Fsp3) is 0.111. The molecular weight excluding hydrogens is 264 g/mol. The van der Waals surface area contributed by atoms with Crippen molar-refractivity contribution in [1.29, 1.82) is 0 Å². The lowest BCUT2D eigenvalue weighted by Gasteiger charge is -2.01. The molecule has 1 aromatic carbocycles. The Kier molecular flexibility index (Phi) is 2.52. The summed E-state index contributed by atoms with van der Waals surface area (Å²) in [5.41, 5.74) is 2.00. The van der Waals surface area contributed by atoms with E-state index in [4.69, 9.17) is 0 Å². The van der Waals surface area contributed by atoms with Crippen molar-refractivity contribution in [1.82, 2.24) is 10.2 Å². The maximum atomic E-state index is 9.25. The molecule has 2 aromatic rings. The minimum Gasteiger partial charge on any atom is -0.508 e. The van der Waals surface area contributed by atoms with Crippen LogP contribution < -0.4 is 0 Å². The normalized spacial score (nSPS) is 10.4. The fourth-order valence-electron chi connectivity index (χ4n) is 1.20. The van der Waals surface area contributed by atoms with Crippen molar-refractivity contribution in [2.24, 2.45) is 0 Å². The first-order valence-electron chi connectivity index (χ1n) is 3.96. The Morgan fingerprint density at radius 2 is 2.14 bits per heavy atom. The molecule has 0 saturated carbocycles. The van der Waals surface area contributed by atoms with Crippen LogP contribution in [0, 0.1) is 6.92 Å². The van der Waals surface area contributed by atoms with Gasteiger partial charge in [0.05, 0.1) is 0 Å². The average molecular weight is 271 g/mol. The largest absolute Gasteiger partial charge is 0.508 e. The highest BCUT2D eigenvalue weighted by molar-refractivity contribution is 9.11. The van der Waals surface area contributed by atoms with Crippen LogP contribution in [0.15, 0.2) is 22.1 Å². The zero-order chi connectivity index (χ0) is 10.1. The number of phenolic OH excluding ortho intramolecular Hbond substituents is 1. The highest BCUT2D eigenvalue weighted by atomic mass is 79.9. The Morgan fingerprint density at radius 1 is 1.36 bits per heavy atom. The van der Waals surface area contributed by atoms with Gasteiger partial charge in [-0.2, -0.15) is 0 Å². The third-order valence-corrected chi connectivity index (χ3v) is 3.23. The van der Waals surface area contributed by atoms with Crippen LogP contribution in [0.1, 0.15) is 5.56 Å². The van der Waals surface area contributed by atoms with Gasteiger partial charge < -0.3 is 5.11 Å². The summed E-state index contributed by atoms with van der Waals surface area (Å²) in [4.78, 5) is 0. The fourth-order valence-corrected chi connectivity index (χ4v) is 2.40. The average Bonchev–Trinajstić information content (AvgIpc) is 2.51. The number of benzene rings is 1. The van der Waals surface area contributed by atoms with Crippen molar-refractivity contribution in [2.75, 3.05) is 0 Å². The summed E-state index contributed by atoms with van der Waals surface area (Å²) in [7, 11) is 0. The molecule has 0 aliphatic heterocycles. The monoisotopic (exact) mass is 270 g/mol. The van der Waals surface area contributed by atoms with E-state index < -0.39 is 0 Å². The summed E-state index contributed by atoms with van der Waals surface area (Å²) >= 11 is 4.74. The smallest absolute Gasteiger partial charge is 0.183 e. The first-order chi connectivity index (χ1) is 6.66. The molecule has 0 aliphatic carbocycles. The predicted octanol–water partition coefficient (Wildman–Crippen LogP) is 2.98. The number of hydrogen-bond donors (Lipinski definition) is 1. The number of aromatic hydroxyl groups is 1. The quantitative estimate of drug-likeness (QED) is 0.867. The molecule has 0 aliphatic rings. The van der Waals surface area contributed by atoms with Crippen LogP contribution in [0.3, 0.4) is 0 Å². The molecule has 2 rings (SSSR count). The van der Waals surface area contributed by atoms with Crippen LogP contribution >= 0.6 is 27.3 Å². The second-order valence-corrected chi connectivity index (χ2v) is 5.11. The third kappa shape index (κ3) is 1.78. The topological polar surface area (TPSA) is 46.0 Å². The molecule has 1 aromatic heterocycles.